The van der Waals surface area contributed by atoms with Gasteiger partial charge in [-0.25, -0.2) is 0 Å². The third kappa shape index (κ3) is 4.17. The van der Waals surface area contributed by atoms with Crippen LogP contribution in [0.1, 0.15) is 36.8 Å². The maximum absolute atomic E-state index is 12.6. The van der Waals surface area contributed by atoms with Gasteiger partial charge in [-0.2, -0.15) is 0 Å². The molecule has 5 nitrogen and oxygen atoms in total. The van der Waals surface area contributed by atoms with Gasteiger partial charge in [-0.15, -0.1) is 0 Å². The quantitative estimate of drug-likeness (QED) is 0.928. The van der Waals surface area contributed by atoms with Crippen molar-refractivity contribution in [2.45, 2.75) is 26.2 Å². The molecule has 132 valence electrons. The van der Waals surface area contributed by atoms with Crippen LogP contribution >= 0.6 is 0 Å². The number of hydrogen-bond donors (Lipinski definition) is 1. The fourth-order valence-electron chi connectivity index (χ4n) is 2.96. The van der Waals surface area contributed by atoms with E-state index in [0.29, 0.717) is 32.0 Å². The van der Waals surface area contributed by atoms with Gasteiger partial charge in [-0.05, 0) is 29.2 Å². The first-order valence-electron chi connectivity index (χ1n) is 8.65. The second-order valence-corrected chi connectivity index (χ2v) is 7.25. The van der Waals surface area contributed by atoms with Gasteiger partial charge in [0.25, 0.3) is 5.91 Å². The summed E-state index contributed by atoms with van der Waals surface area (Å²) in [6, 6.07) is 11.9. The molecule has 0 spiro atoms. The monoisotopic (exact) mass is 339 g/mol. The zero-order valence-corrected chi connectivity index (χ0v) is 15.1. The Balaban J connectivity index is 1.82. The van der Waals surface area contributed by atoms with Gasteiger partial charge in [0.1, 0.15) is 5.69 Å². The average molecular weight is 339 g/mol. The number of morpholine rings is 1. The molecule has 0 radical (unpaired) electrons. The van der Waals surface area contributed by atoms with E-state index >= 15 is 0 Å². The van der Waals surface area contributed by atoms with E-state index in [2.05, 4.69) is 43.2 Å². The molecule has 1 amide bonds. The molecule has 0 unspecified atom stereocenters. The highest BCUT2D eigenvalue weighted by Gasteiger charge is 2.21. The van der Waals surface area contributed by atoms with Crippen molar-refractivity contribution < 1.29 is 9.53 Å². The summed E-state index contributed by atoms with van der Waals surface area (Å²) in [6.45, 7) is 8.97. The number of para-hydroxylation sites is 1. The fourth-order valence-corrected chi connectivity index (χ4v) is 2.96. The standard InChI is InChI=1S/C20H25N3O2/c1-20(2,3)16-6-4-5-7-17(16)22-15-8-9-21-18(14-15)19(24)23-10-12-25-13-11-23/h4-9,14H,10-13H2,1-3H3,(H,21,22). The summed E-state index contributed by atoms with van der Waals surface area (Å²) >= 11 is 0. The van der Waals surface area contributed by atoms with E-state index in [9.17, 15) is 4.79 Å². The first kappa shape index (κ1) is 17.4. The summed E-state index contributed by atoms with van der Waals surface area (Å²) in [5.74, 6) is -0.0453. The van der Waals surface area contributed by atoms with Crippen molar-refractivity contribution in [3.8, 4) is 0 Å². The van der Waals surface area contributed by atoms with Crippen molar-refractivity contribution in [2.75, 3.05) is 31.6 Å². The minimum atomic E-state index is -0.0453. The zero-order valence-electron chi connectivity index (χ0n) is 15.1. The third-order valence-corrected chi connectivity index (χ3v) is 4.29. The second-order valence-electron chi connectivity index (χ2n) is 7.25. The van der Waals surface area contributed by atoms with Crippen molar-refractivity contribution in [1.29, 1.82) is 0 Å². The Labute approximate surface area is 149 Å². The normalized spacial score (nSPS) is 15.1. The summed E-state index contributed by atoms with van der Waals surface area (Å²) in [4.78, 5) is 18.7. The SMILES string of the molecule is CC(C)(C)c1ccccc1Nc1ccnc(C(=O)N2CCOCC2)c1. The number of rotatable bonds is 3. The molecule has 2 aromatic rings. The van der Waals surface area contributed by atoms with Crippen LogP contribution in [0.25, 0.3) is 0 Å². The van der Waals surface area contributed by atoms with Gasteiger partial charge in [-0.1, -0.05) is 39.0 Å². The number of carbonyl (C=O) groups excluding carboxylic acids is 1. The molecular weight excluding hydrogens is 314 g/mol. The molecule has 1 aromatic heterocycles. The van der Waals surface area contributed by atoms with Crippen molar-refractivity contribution in [2.24, 2.45) is 0 Å². The number of carbonyl (C=O) groups is 1. The first-order chi connectivity index (χ1) is 11.9. The van der Waals surface area contributed by atoms with Crippen LogP contribution in [-0.4, -0.2) is 42.1 Å². The maximum atomic E-state index is 12.6. The number of nitrogens with zero attached hydrogens (tertiary/aromatic N) is 2. The number of benzene rings is 1. The average Bonchev–Trinajstić information content (AvgIpc) is 2.62. The van der Waals surface area contributed by atoms with E-state index in [0.717, 1.165) is 11.4 Å². The van der Waals surface area contributed by atoms with E-state index in [1.165, 1.54) is 5.56 Å². The highest BCUT2D eigenvalue weighted by molar-refractivity contribution is 5.93. The van der Waals surface area contributed by atoms with E-state index in [1.54, 1.807) is 11.1 Å². The molecule has 1 fully saturated rings. The van der Waals surface area contributed by atoms with E-state index in [1.807, 2.05) is 24.3 Å². The van der Waals surface area contributed by atoms with Gasteiger partial charge in [0, 0.05) is 30.7 Å². The van der Waals surface area contributed by atoms with Crippen LogP contribution < -0.4 is 5.32 Å². The van der Waals surface area contributed by atoms with Crippen LogP contribution in [0.15, 0.2) is 42.6 Å². The van der Waals surface area contributed by atoms with Gasteiger partial charge >= 0.3 is 0 Å². The third-order valence-electron chi connectivity index (χ3n) is 4.29. The molecule has 5 heteroatoms. The fraction of sp³-hybridized carbons (Fsp3) is 0.400. The predicted molar refractivity (Wildman–Crippen MR) is 99.4 cm³/mol. The van der Waals surface area contributed by atoms with Gasteiger partial charge in [0.05, 0.1) is 13.2 Å². The van der Waals surface area contributed by atoms with Gasteiger partial charge in [0.15, 0.2) is 0 Å². The molecular formula is C20H25N3O2. The maximum Gasteiger partial charge on any atom is 0.272 e. The van der Waals surface area contributed by atoms with Crippen molar-refractivity contribution >= 4 is 17.3 Å². The molecule has 1 aliphatic rings. The minimum Gasteiger partial charge on any atom is -0.378 e. The van der Waals surface area contributed by atoms with E-state index in [4.69, 9.17) is 4.74 Å². The molecule has 0 bridgehead atoms. The molecule has 25 heavy (non-hydrogen) atoms. The Morgan fingerprint density at radius 3 is 2.60 bits per heavy atom. The molecule has 0 saturated carbocycles. The Morgan fingerprint density at radius 1 is 1.16 bits per heavy atom. The van der Waals surface area contributed by atoms with Crippen LogP contribution in [-0.2, 0) is 10.2 Å². The predicted octanol–water partition coefficient (Wildman–Crippen LogP) is 3.60. The highest BCUT2D eigenvalue weighted by Crippen LogP contribution is 2.31. The summed E-state index contributed by atoms with van der Waals surface area (Å²) in [6.07, 6.45) is 1.68. The Morgan fingerprint density at radius 2 is 1.88 bits per heavy atom. The first-order valence-corrected chi connectivity index (χ1v) is 8.65. The topological polar surface area (TPSA) is 54.5 Å². The molecule has 0 atom stereocenters. The smallest absolute Gasteiger partial charge is 0.272 e. The Hall–Kier alpha value is -2.40. The van der Waals surface area contributed by atoms with Crippen LogP contribution in [0.5, 0.6) is 0 Å². The molecule has 2 heterocycles. The lowest BCUT2D eigenvalue weighted by molar-refractivity contribution is 0.0299. The van der Waals surface area contributed by atoms with Crippen LogP contribution in [0.2, 0.25) is 0 Å². The lowest BCUT2D eigenvalue weighted by atomic mass is 9.86. The van der Waals surface area contributed by atoms with Gasteiger partial charge in [0.2, 0.25) is 0 Å². The lowest BCUT2D eigenvalue weighted by Crippen LogP contribution is -2.41. The number of aromatic nitrogens is 1. The number of hydrogen-bond acceptors (Lipinski definition) is 4. The van der Waals surface area contributed by atoms with Gasteiger partial charge in [-0.3, -0.25) is 9.78 Å². The molecule has 1 aromatic carbocycles. The summed E-state index contributed by atoms with van der Waals surface area (Å²) in [5, 5.41) is 3.44. The lowest BCUT2D eigenvalue weighted by Gasteiger charge is -2.26. The number of nitrogens with one attached hydrogen (secondary N) is 1. The molecule has 1 N–H and O–H groups in total. The number of ether oxygens (including phenoxy) is 1. The van der Waals surface area contributed by atoms with Crippen molar-refractivity contribution in [3.05, 3.63) is 53.9 Å². The largest absolute Gasteiger partial charge is 0.378 e. The summed E-state index contributed by atoms with van der Waals surface area (Å²) in [5.41, 5.74) is 3.63. The van der Waals surface area contributed by atoms with E-state index < -0.39 is 0 Å². The Bertz CT molecular complexity index is 747. The summed E-state index contributed by atoms with van der Waals surface area (Å²) in [7, 11) is 0. The van der Waals surface area contributed by atoms with Crippen LogP contribution in [0, 0.1) is 0 Å². The zero-order chi connectivity index (χ0) is 17.9. The summed E-state index contributed by atoms with van der Waals surface area (Å²) < 4.78 is 5.31. The molecule has 3 rings (SSSR count). The van der Waals surface area contributed by atoms with Crippen molar-refractivity contribution in [3.63, 3.8) is 0 Å². The van der Waals surface area contributed by atoms with Gasteiger partial charge < -0.3 is 15.0 Å². The van der Waals surface area contributed by atoms with E-state index in [-0.39, 0.29) is 11.3 Å². The number of anilines is 2. The highest BCUT2D eigenvalue weighted by atomic mass is 16.5. The van der Waals surface area contributed by atoms with Crippen LogP contribution in [0.4, 0.5) is 11.4 Å². The minimum absolute atomic E-state index is 0.0308. The molecule has 1 aliphatic heterocycles. The second kappa shape index (κ2) is 7.23. The Kier molecular flexibility index (Phi) is 5.04. The number of amides is 1. The van der Waals surface area contributed by atoms with Crippen molar-refractivity contribution in [1.82, 2.24) is 9.88 Å². The molecule has 0 aliphatic carbocycles. The molecule has 1 saturated heterocycles. The number of pyridine rings is 1. The van der Waals surface area contributed by atoms with Crippen LogP contribution in [0.3, 0.4) is 0 Å².